The standard InChI is InChI=1S/C27H38ClN3O5S/c1-6-20(3)29-27(33)25(7-2)30(19-21-11-8-14-24(17-21)36-4)26(32)15-10-16-31(37(5,34)35)23-13-9-12-22(28)18-23/h8-9,11-14,17-18,20,25H,6-7,10,15-16,19H2,1-5H3,(H,29,33)/t20-,25-/m1/s1. The highest BCUT2D eigenvalue weighted by molar-refractivity contribution is 7.92. The molecule has 10 heteroatoms. The summed E-state index contributed by atoms with van der Waals surface area (Å²) in [6.07, 6.45) is 2.68. The molecule has 0 saturated carbocycles. The van der Waals surface area contributed by atoms with Crippen molar-refractivity contribution in [2.75, 3.05) is 24.2 Å². The van der Waals surface area contributed by atoms with Crippen molar-refractivity contribution in [3.8, 4) is 5.75 Å². The summed E-state index contributed by atoms with van der Waals surface area (Å²) in [6.45, 7) is 6.12. The number of methoxy groups -OCH3 is 1. The van der Waals surface area contributed by atoms with Crippen LogP contribution in [0.5, 0.6) is 5.75 Å². The van der Waals surface area contributed by atoms with Gasteiger partial charge < -0.3 is 15.0 Å². The maximum Gasteiger partial charge on any atom is 0.243 e. The van der Waals surface area contributed by atoms with Gasteiger partial charge in [0.15, 0.2) is 0 Å². The average molecular weight is 552 g/mol. The van der Waals surface area contributed by atoms with E-state index < -0.39 is 16.1 Å². The second kappa shape index (κ2) is 14.2. The number of nitrogens with one attached hydrogen (secondary N) is 1. The second-order valence-corrected chi connectivity index (χ2v) is 11.4. The highest BCUT2D eigenvalue weighted by Gasteiger charge is 2.29. The minimum absolute atomic E-state index is 0.0173. The van der Waals surface area contributed by atoms with E-state index in [2.05, 4.69) is 5.32 Å². The van der Waals surface area contributed by atoms with Crippen molar-refractivity contribution in [2.45, 2.75) is 65.1 Å². The number of rotatable bonds is 14. The van der Waals surface area contributed by atoms with Gasteiger partial charge >= 0.3 is 0 Å². The number of halogens is 1. The van der Waals surface area contributed by atoms with Gasteiger partial charge in [-0.1, -0.05) is 43.6 Å². The van der Waals surface area contributed by atoms with Gasteiger partial charge in [0.1, 0.15) is 11.8 Å². The Morgan fingerprint density at radius 2 is 1.78 bits per heavy atom. The zero-order chi connectivity index (χ0) is 27.6. The predicted molar refractivity (Wildman–Crippen MR) is 148 cm³/mol. The third-order valence-electron chi connectivity index (χ3n) is 6.12. The molecule has 204 valence electrons. The molecule has 37 heavy (non-hydrogen) atoms. The lowest BCUT2D eigenvalue weighted by molar-refractivity contribution is -0.141. The number of amides is 2. The molecular weight excluding hydrogens is 514 g/mol. The normalized spacial score (nSPS) is 12.9. The first-order valence-electron chi connectivity index (χ1n) is 12.5. The number of sulfonamides is 1. The maximum atomic E-state index is 13.5. The average Bonchev–Trinajstić information content (AvgIpc) is 2.85. The Morgan fingerprint density at radius 1 is 1.08 bits per heavy atom. The van der Waals surface area contributed by atoms with E-state index in [4.69, 9.17) is 16.3 Å². The van der Waals surface area contributed by atoms with Gasteiger partial charge in [0.05, 0.1) is 19.1 Å². The van der Waals surface area contributed by atoms with Crippen molar-refractivity contribution in [3.05, 3.63) is 59.1 Å². The van der Waals surface area contributed by atoms with Crippen LogP contribution in [-0.4, -0.2) is 57.1 Å². The largest absolute Gasteiger partial charge is 0.497 e. The van der Waals surface area contributed by atoms with Gasteiger partial charge in [-0.05, 0) is 62.1 Å². The summed E-state index contributed by atoms with van der Waals surface area (Å²) < 4.78 is 31.5. The Balaban J connectivity index is 2.25. The van der Waals surface area contributed by atoms with Crippen LogP contribution in [0, 0.1) is 0 Å². The third kappa shape index (κ3) is 9.23. The van der Waals surface area contributed by atoms with E-state index in [0.29, 0.717) is 22.9 Å². The topological polar surface area (TPSA) is 96.0 Å². The molecule has 0 heterocycles. The minimum Gasteiger partial charge on any atom is -0.497 e. The minimum atomic E-state index is -3.59. The van der Waals surface area contributed by atoms with E-state index in [0.717, 1.165) is 18.2 Å². The number of ether oxygens (including phenoxy) is 1. The molecule has 2 aromatic rings. The SMILES string of the molecule is CC[C@@H](C)NC(=O)[C@@H](CC)N(Cc1cccc(OC)c1)C(=O)CCCN(c1cccc(Cl)c1)S(C)(=O)=O. The number of benzene rings is 2. The first-order valence-corrected chi connectivity index (χ1v) is 14.7. The number of anilines is 1. The van der Waals surface area contributed by atoms with Crippen LogP contribution >= 0.6 is 11.6 Å². The fourth-order valence-electron chi connectivity index (χ4n) is 3.96. The zero-order valence-electron chi connectivity index (χ0n) is 22.2. The Bertz CT molecular complexity index is 1160. The Morgan fingerprint density at radius 3 is 2.38 bits per heavy atom. The molecule has 0 spiro atoms. The highest BCUT2D eigenvalue weighted by atomic mass is 35.5. The van der Waals surface area contributed by atoms with Gasteiger partial charge in [0.25, 0.3) is 0 Å². The van der Waals surface area contributed by atoms with Crippen molar-refractivity contribution < 1.29 is 22.7 Å². The van der Waals surface area contributed by atoms with Crippen LogP contribution in [0.3, 0.4) is 0 Å². The van der Waals surface area contributed by atoms with Gasteiger partial charge in [0.2, 0.25) is 21.8 Å². The summed E-state index contributed by atoms with van der Waals surface area (Å²) in [7, 11) is -2.01. The van der Waals surface area contributed by atoms with E-state index >= 15 is 0 Å². The number of hydrogen-bond donors (Lipinski definition) is 1. The van der Waals surface area contributed by atoms with Crippen LogP contribution in [0.25, 0.3) is 0 Å². The Labute approximate surface area is 226 Å². The fraction of sp³-hybridized carbons (Fsp3) is 0.481. The molecule has 0 aliphatic heterocycles. The first-order chi connectivity index (χ1) is 17.5. The van der Waals surface area contributed by atoms with Crippen LogP contribution in [-0.2, 0) is 26.2 Å². The van der Waals surface area contributed by atoms with Crippen LogP contribution in [0.15, 0.2) is 48.5 Å². The monoisotopic (exact) mass is 551 g/mol. The molecule has 1 N–H and O–H groups in total. The highest BCUT2D eigenvalue weighted by Crippen LogP contribution is 2.23. The van der Waals surface area contributed by atoms with Crippen LogP contribution in [0.1, 0.15) is 52.0 Å². The molecule has 0 aliphatic carbocycles. The molecule has 2 atom stereocenters. The van der Waals surface area contributed by atoms with E-state index in [9.17, 15) is 18.0 Å². The number of hydrogen-bond acceptors (Lipinski definition) is 5. The number of nitrogens with zero attached hydrogens (tertiary/aromatic N) is 2. The summed E-state index contributed by atoms with van der Waals surface area (Å²) in [5.74, 6) is 0.227. The lowest BCUT2D eigenvalue weighted by Crippen LogP contribution is -2.50. The predicted octanol–water partition coefficient (Wildman–Crippen LogP) is 4.62. The third-order valence-corrected chi connectivity index (χ3v) is 7.55. The van der Waals surface area contributed by atoms with Crippen molar-refractivity contribution in [3.63, 3.8) is 0 Å². The van der Waals surface area contributed by atoms with Crippen molar-refractivity contribution in [1.29, 1.82) is 0 Å². The van der Waals surface area contributed by atoms with Crippen LogP contribution in [0.4, 0.5) is 5.69 Å². The van der Waals surface area contributed by atoms with E-state index in [-0.39, 0.29) is 43.8 Å². The van der Waals surface area contributed by atoms with Gasteiger partial charge in [-0.25, -0.2) is 8.42 Å². The van der Waals surface area contributed by atoms with Gasteiger partial charge in [-0.2, -0.15) is 0 Å². The Kier molecular flexibility index (Phi) is 11.7. The molecule has 2 aromatic carbocycles. The van der Waals surface area contributed by atoms with Crippen LogP contribution < -0.4 is 14.4 Å². The molecule has 8 nitrogen and oxygen atoms in total. The molecule has 0 fully saturated rings. The van der Waals surface area contributed by atoms with Gasteiger partial charge in [0, 0.05) is 30.6 Å². The van der Waals surface area contributed by atoms with Crippen molar-refractivity contribution in [2.24, 2.45) is 0 Å². The summed E-state index contributed by atoms with van der Waals surface area (Å²) in [5.41, 5.74) is 1.27. The zero-order valence-corrected chi connectivity index (χ0v) is 23.8. The van der Waals surface area contributed by atoms with E-state index in [1.807, 2.05) is 45.0 Å². The van der Waals surface area contributed by atoms with E-state index in [1.165, 1.54) is 4.31 Å². The smallest absolute Gasteiger partial charge is 0.243 e. The molecule has 2 amide bonds. The van der Waals surface area contributed by atoms with Crippen molar-refractivity contribution >= 4 is 39.1 Å². The van der Waals surface area contributed by atoms with Crippen LogP contribution in [0.2, 0.25) is 5.02 Å². The van der Waals surface area contributed by atoms with Gasteiger partial charge in [-0.3, -0.25) is 13.9 Å². The molecule has 0 unspecified atom stereocenters. The molecular formula is C27H38ClN3O5S. The second-order valence-electron chi connectivity index (χ2n) is 9.03. The molecule has 0 radical (unpaired) electrons. The summed E-state index contributed by atoms with van der Waals surface area (Å²) in [5, 5.41) is 3.41. The molecule has 0 aromatic heterocycles. The quantitative estimate of drug-likeness (QED) is 0.370. The molecule has 2 rings (SSSR count). The summed E-state index contributed by atoms with van der Waals surface area (Å²) in [6, 6.07) is 13.3. The lowest BCUT2D eigenvalue weighted by atomic mass is 10.1. The first kappa shape index (κ1) is 30.4. The summed E-state index contributed by atoms with van der Waals surface area (Å²) in [4.78, 5) is 28.2. The molecule has 0 aliphatic rings. The molecule has 0 bridgehead atoms. The lowest BCUT2D eigenvalue weighted by Gasteiger charge is -2.32. The fourth-order valence-corrected chi connectivity index (χ4v) is 5.11. The Hall–Kier alpha value is -2.78. The number of carbonyl (C=O) groups excluding carboxylic acids is 2. The summed E-state index contributed by atoms with van der Waals surface area (Å²) >= 11 is 6.06. The van der Waals surface area contributed by atoms with Gasteiger partial charge in [-0.15, -0.1) is 0 Å². The number of carbonyl (C=O) groups is 2. The van der Waals surface area contributed by atoms with E-state index in [1.54, 1.807) is 36.3 Å². The molecule has 0 saturated heterocycles. The van der Waals surface area contributed by atoms with Crippen molar-refractivity contribution in [1.82, 2.24) is 10.2 Å². The maximum absolute atomic E-state index is 13.5.